The molecule has 1 fully saturated rings. The Balaban J connectivity index is 2.28. The van der Waals surface area contributed by atoms with Gasteiger partial charge in [0.2, 0.25) is 5.91 Å². The molecule has 16 heavy (non-hydrogen) atoms. The second kappa shape index (κ2) is 4.94. The summed E-state index contributed by atoms with van der Waals surface area (Å²) in [6.45, 7) is 0.714. The molecular weight excluding hydrogens is 313 g/mol. The molecule has 1 heterocycles. The van der Waals surface area contributed by atoms with E-state index in [1.807, 2.05) is 0 Å². The van der Waals surface area contributed by atoms with E-state index >= 15 is 0 Å². The molecule has 0 saturated carbocycles. The summed E-state index contributed by atoms with van der Waals surface area (Å²) in [6, 6.07) is 5.20. The van der Waals surface area contributed by atoms with Gasteiger partial charge in [-0.3, -0.25) is 4.79 Å². The number of nitrogens with zero attached hydrogens (tertiary/aromatic N) is 1. The fraction of sp³-hybridized carbons (Fsp3) is 0.364. The minimum absolute atomic E-state index is 0.119. The lowest BCUT2D eigenvalue weighted by molar-refractivity contribution is -0.117. The van der Waals surface area contributed by atoms with E-state index in [-0.39, 0.29) is 5.91 Å². The second-order valence-electron chi connectivity index (χ2n) is 3.82. The maximum Gasteiger partial charge on any atom is 0.227 e. The molecule has 1 atom stereocenters. The lowest BCUT2D eigenvalue weighted by Gasteiger charge is -2.18. The normalized spacial score (nSPS) is 20.6. The van der Waals surface area contributed by atoms with E-state index < -0.39 is 0 Å². The largest absolute Gasteiger partial charge is 0.311 e. The average Bonchev–Trinajstić information content (AvgIpc) is 2.60. The van der Waals surface area contributed by atoms with Gasteiger partial charge in [-0.15, -0.1) is 0 Å². The molecule has 1 aliphatic heterocycles. The molecule has 0 spiro atoms. The van der Waals surface area contributed by atoms with Gasteiger partial charge < -0.3 is 4.90 Å². The van der Waals surface area contributed by atoms with Crippen LogP contribution in [0.5, 0.6) is 0 Å². The van der Waals surface area contributed by atoms with Crippen molar-refractivity contribution in [3.05, 3.63) is 28.2 Å². The van der Waals surface area contributed by atoms with Crippen molar-refractivity contribution in [2.24, 2.45) is 5.92 Å². The molecule has 1 aromatic rings. The molecule has 0 radical (unpaired) electrons. The highest BCUT2D eigenvalue weighted by molar-refractivity contribution is 9.09. The van der Waals surface area contributed by atoms with Crippen LogP contribution < -0.4 is 4.90 Å². The molecule has 2 rings (SSSR count). The first-order chi connectivity index (χ1) is 7.61. The molecule has 1 saturated heterocycles. The van der Waals surface area contributed by atoms with Gasteiger partial charge in [0.1, 0.15) is 0 Å². The van der Waals surface area contributed by atoms with Crippen LogP contribution in [0.3, 0.4) is 0 Å². The molecule has 0 bridgehead atoms. The third kappa shape index (κ3) is 2.36. The third-order valence-corrected chi connectivity index (χ3v) is 4.08. The van der Waals surface area contributed by atoms with Crippen molar-refractivity contribution in [3.8, 4) is 0 Å². The Labute approximate surface area is 113 Å². The van der Waals surface area contributed by atoms with Gasteiger partial charge in [-0.1, -0.05) is 39.1 Å². The second-order valence-corrected chi connectivity index (χ2v) is 5.32. The van der Waals surface area contributed by atoms with Gasteiger partial charge in [0, 0.05) is 23.3 Å². The van der Waals surface area contributed by atoms with Gasteiger partial charge >= 0.3 is 0 Å². The lowest BCUT2D eigenvalue weighted by atomic mass is 10.2. The number of hydrogen-bond donors (Lipinski definition) is 0. The van der Waals surface area contributed by atoms with Gasteiger partial charge in [-0.05, 0) is 24.1 Å². The highest BCUT2D eigenvalue weighted by Crippen LogP contribution is 2.33. The predicted molar refractivity (Wildman–Crippen MR) is 70.7 cm³/mol. The predicted octanol–water partition coefficient (Wildman–Crippen LogP) is 3.74. The summed E-state index contributed by atoms with van der Waals surface area (Å²) >= 11 is 15.3. The Kier molecular flexibility index (Phi) is 3.77. The SMILES string of the molecule is O=C1CC(CBr)CN1c1ccc(Cl)cc1Cl. The summed E-state index contributed by atoms with van der Waals surface area (Å²) in [6.07, 6.45) is 0.574. The molecule has 2 nitrogen and oxygen atoms in total. The molecule has 1 aromatic carbocycles. The zero-order chi connectivity index (χ0) is 11.7. The number of alkyl halides is 1. The number of carbonyl (C=O) groups is 1. The Bertz CT molecular complexity index is 424. The molecule has 0 N–H and O–H groups in total. The number of hydrogen-bond acceptors (Lipinski definition) is 1. The zero-order valence-corrected chi connectivity index (χ0v) is 11.5. The van der Waals surface area contributed by atoms with Crippen LogP contribution in [0.1, 0.15) is 6.42 Å². The van der Waals surface area contributed by atoms with Crippen LogP contribution in [0.15, 0.2) is 18.2 Å². The summed E-state index contributed by atoms with van der Waals surface area (Å²) in [7, 11) is 0. The highest BCUT2D eigenvalue weighted by atomic mass is 79.9. The van der Waals surface area contributed by atoms with Crippen molar-refractivity contribution in [1.29, 1.82) is 0 Å². The number of rotatable bonds is 2. The van der Waals surface area contributed by atoms with Gasteiger partial charge in [-0.25, -0.2) is 0 Å². The number of amides is 1. The number of halogens is 3. The van der Waals surface area contributed by atoms with Gasteiger partial charge in [-0.2, -0.15) is 0 Å². The number of carbonyl (C=O) groups excluding carboxylic acids is 1. The lowest BCUT2D eigenvalue weighted by Crippen LogP contribution is -2.24. The molecule has 0 aromatic heterocycles. The van der Waals surface area contributed by atoms with Crippen molar-refractivity contribution >= 4 is 50.7 Å². The van der Waals surface area contributed by atoms with Crippen LogP contribution >= 0.6 is 39.1 Å². The minimum atomic E-state index is 0.119. The van der Waals surface area contributed by atoms with Crippen LogP contribution in [-0.2, 0) is 4.79 Å². The Morgan fingerprint density at radius 1 is 1.44 bits per heavy atom. The van der Waals surface area contributed by atoms with Crippen LogP contribution in [0, 0.1) is 5.92 Å². The van der Waals surface area contributed by atoms with Gasteiger partial charge in [0.15, 0.2) is 0 Å². The molecule has 5 heteroatoms. The molecule has 86 valence electrons. The summed E-state index contributed by atoms with van der Waals surface area (Å²) in [5.74, 6) is 0.480. The van der Waals surface area contributed by atoms with Crippen molar-refractivity contribution in [2.45, 2.75) is 6.42 Å². The monoisotopic (exact) mass is 321 g/mol. The quantitative estimate of drug-likeness (QED) is 0.759. The van der Waals surface area contributed by atoms with E-state index in [1.165, 1.54) is 0 Å². The Hall–Kier alpha value is -0.250. The van der Waals surface area contributed by atoms with E-state index in [0.717, 1.165) is 11.0 Å². The van der Waals surface area contributed by atoms with Crippen molar-refractivity contribution in [1.82, 2.24) is 0 Å². The van der Waals surface area contributed by atoms with Gasteiger partial charge in [0.05, 0.1) is 10.7 Å². The summed E-state index contributed by atoms with van der Waals surface area (Å²) in [4.78, 5) is 13.5. The Morgan fingerprint density at radius 2 is 2.19 bits per heavy atom. The first kappa shape index (κ1) is 12.2. The highest BCUT2D eigenvalue weighted by Gasteiger charge is 2.30. The van der Waals surface area contributed by atoms with Crippen LogP contribution in [0.2, 0.25) is 10.0 Å². The minimum Gasteiger partial charge on any atom is -0.311 e. The molecule has 0 aliphatic carbocycles. The smallest absolute Gasteiger partial charge is 0.227 e. The number of benzene rings is 1. The summed E-state index contributed by atoms with van der Waals surface area (Å²) in [5, 5.41) is 1.94. The first-order valence-corrected chi connectivity index (χ1v) is 6.81. The fourth-order valence-electron chi connectivity index (χ4n) is 1.82. The van der Waals surface area contributed by atoms with Crippen molar-refractivity contribution in [2.75, 3.05) is 16.8 Å². The molecule has 1 unspecified atom stereocenters. The maximum atomic E-state index is 11.8. The van der Waals surface area contributed by atoms with E-state index in [1.54, 1.807) is 23.1 Å². The molecule has 1 aliphatic rings. The van der Waals surface area contributed by atoms with Crippen LogP contribution in [0.25, 0.3) is 0 Å². The fourth-order valence-corrected chi connectivity index (χ4v) is 2.76. The van der Waals surface area contributed by atoms with Crippen LogP contribution in [-0.4, -0.2) is 17.8 Å². The van der Waals surface area contributed by atoms with E-state index in [2.05, 4.69) is 15.9 Å². The summed E-state index contributed by atoms with van der Waals surface area (Å²) < 4.78 is 0. The standard InChI is InChI=1S/C11H10BrCl2NO/c12-5-7-3-11(16)15(6-7)10-2-1-8(13)4-9(10)14/h1-2,4,7H,3,5-6H2. The maximum absolute atomic E-state index is 11.8. The molecule has 1 amide bonds. The zero-order valence-electron chi connectivity index (χ0n) is 8.42. The topological polar surface area (TPSA) is 20.3 Å². The third-order valence-electron chi connectivity index (χ3n) is 2.62. The number of anilines is 1. The Morgan fingerprint density at radius 3 is 2.75 bits per heavy atom. The average molecular weight is 323 g/mol. The van der Waals surface area contributed by atoms with Crippen molar-refractivity contribution < 1.29 is 4.79 Å². The summed E-state index contributed by atoms with van der Waals surface area (Å²) in [5.41, 5.74) is 0.750. The van der Waals surface area contributed by atoms with Crippen molar-refractivity contribution in [3.63, 3.8) is 0 Å². The molecular formula is C11H10BrCl2NO. The van der Waals surface area contributed by atoms with E-state index in [0.29, 0.717) is 28.9 Å². The van der Waals surface area contributed by atoms with Crippen LogP contribution in [0.4, 0.5) is 5.69 Å². The first-order valence-electron chi connectivity index (χ1n) is 4.93. The van der Waals surface area contributed by atoms with Gasteiger partial charge in [0.25, 0.3) is 0 Å². The van der Waals surface area contributed by atoms with E-state index in [4.69, 9.17) is 23.2 Å². The van der Waals surface area contributed by atoms with E-state index in [9.17, 15) is 4.79 Å².